The Kier molecular flexibility index (Phi) is 7.06. The van der Waals surface area contributed by atoms with Gasteiger partial charge in [0.15, 0.2) is 0 Å². The molecule has 2 aromatic carbocycles. The maximum atomic E-state index is 11.0. The van der Waals surface area contributed by atoms with Crippen molar-refractivity contribution < 1.29 is 4.79 Å². The molecular weight excluding hydrogens is 355 g/mol. The van der Waals surface area contributed by atoms with Gasteiger partial charge in [0, 0.05) is 18.1 Å². The highest BCUT2D eigenvalue weighted by atomic mass is 35.5. The summed E-state index contributed by atoms with van der Waals surface area (Å²) in [6, 6.07) is 16.3. The number of nitrogens with two attached hydrogens (primary N) is 1. The molecule has 0 unspecified atom stereocenters. The van der Waals surface area contributed by atoms with E-state index in [0.29, 0.717) is 6.54 Å². The van der Waals surface area contributed by atoms with Gasteiger partial charge >= 0.3 is 0 Å². The van der Waals surface area contributed by atoms with E-state index in [1.54, 1.807) is 0 Å². The van der Waals surface area contributed by atoms with Crippen molar-refractivity contribution in [3.05, 3.63) is 64.7 Å². The largest absolute Gasteiger partial charge is 0.369 e. The van der Waals surface area contributed by atoms with Crippen molar-refractivity contribution in [2.45, 2.75) is 12.8 Å². The van der Waals surface area contributed by atoms with Gasteiger partial charge in [0.2, 0.25) is 5.91 Å². The fourth-order valence-corrected chi connectivity index (χ4v) is 3.22. The maximum absolute atomic E-state index is 11.0. The topological polar surface area (TPSA) is 46.3 Å². The van der Waals surface area contributed by atoms with Crippen LogP contribution in [0.15, 0.2) is 54.1 Å². The van der Waals surface area contributed by atoms with Crippen molar-refractivity contribution in [3.8, 4) is 11.1 Å². The number of carbonyl (C=O) groups is 1. The summed E-state index contributed by atoms with van der Waals surface area (Å²) in [4.78, 5) is 13.1. The molecule has 2 N–H and O–H groups in total. The standard InChI is InChI=1S/C20H21ClN2O.ClH/c21-18-7-5-16(6-8-18)19-4-2-1-3-17(19)13-15-9-11-23(12-10-15)14-20(22)24;/h1-8,13H,9-12,14H2,(H2,22,24);1H. The average Bonchev–Trinajstić information content (AvgIpc) is 2.58. The Morgan fingerprint density at radius 1 is 1.08 bits per heavy atom. The van der Waals surface area contributed by atoms with E-state index >= 15 is 0 Å². The van der Waals surface area contributed by atoms with Gasteiger partial charge in [0.1, 0.15) is 0 Å². The summed E-state index contributed by atoms with van der Waals surface area (Å²) >= 11 is 5.99. The van der Waals surface area contributed by atoms with Crippen LogP contribution in [0.5, 0.6) is 0 Å². The number of likely N-dealkylation sites (tertiary alicyclic amines) is 1. The van der Waals surface area contributed by atoms with Crippen molar-refractivity contribution >= 4 is 36.0 Å². The molecule has 132 valence electrons. The number of primary amides is 1. The van der Waals surface area contributed by atoms with E-state index in [2.05, 4.69) is 47.4 Å². The molecule has 0 aliphatic carbocycles. The molecule has 0 spiro atoms. The molecule has 1 saturated heterocycles. The number of nitrogens with zero attached hydrogens (tertiary/aromatic N) is 1. The minimum absolute atomic E-state index is 0. The number of piperidine rings is 1. The van der Waals surface area contributed by atoms with Gasteiger partial charge in [-0.25, -0.2) is 0 Å². The minimum Gasteiger partial charge on any atom is -0.369 e. The fraction of sp³-hybridized carbons (Fsp3) is 0.250. The SMILES string of the molecule is Cl.NC(=O)CN1CCC(=Cc2ccccc2-c2ccc(Cl)cc2)CC1. The van der Waals surface area contributed by atoms with Gasteiger partial charge < -0.3 is 5.73 Å². The fourth-order valence-electron chi connectivity index (χ4n) is 3.10. The Bertz CT molecular complexity index is 747. The van der Waals surface area contributed by atoms with Crippen molar-refractivity contribution in [2.75, 3.05) is 19.6 Å². The molecule has 0 saturated carbocycles. The molecule has 1 aliphatic heterocycles. The first kappa shape index (κ1) is 19.5. The van der Waals surface area contributed by atoms with E-state index in [4.69, 9.17) is 17.3 Å². The van der Waals surface area contributed by atoms with E-state index in [0.717, 1.165) is 36.5 Å². The summed E-state index contributed by atoms with van der Waals surface area (Å²) in [6.07, 6.45) is 4.23. The van der Waals surface area contributed by atoms with Crippen LogP contribution in [0, 0.1) is 0 Å². The molecule has 0 radical (unpaired) electrons. The number of benzene rings is 2. The van der Waals surface area contributed by atoms with E-state index in [-0.39, 0.29) is 18.3 Å². The number of hydrogen-bond acceptors (Lipinski definition) is 2. The molecular formula is C20H22Cl2N2O. The molecule has 3 nitrogen and oxygen atoms in total. The van der Waals surface area contributed by atoms with E-state index < -0.39 is 0 Å². The van der Waals surface area contributed by atoms with Crippen LogP contribution >= 0.6 is 24.0 Å². The van der Waals surface area contributed by atoms with E-state index in [1.807, 2.05) is 12.1 Å². The lowest BCUT2D eigenvalue weighted by molar-refractivity contribution is -0.119. The summed E-state index contributed by atoms with van der Waals surface area (Å²) < 4.78 is 0. The predicted octanol–water partition coefficient (Wildman–Crippen LogP) is 4.39. The first-order valence-corrected chi connectivity index (χ1v) is 8.55. The Hall–Kier alpha value is -1.81. The highest BCUT2D eigenvalue weighted by Gasteiger charge is 2.15. The summed E-state index contributed by atoms with van der Waals surface area (Å²) in [6.45, 7) is 2.13. The van der Waals surface area contributed by atoms with Crippen LogP contribution in [0.1, 0.15) is 18.4 Å². The Labute approximate surface area is 159 Å². The lowest BCUT2D eigenvalue weighted by Crippen LogP contribution is -2.37. The van der Waals surface area contributed by atoms with Crippen LogP contribution in [0.2, 0.25) is 5.02 Å². The molecule has 0 aromatic heterocycles. The Morgan fingerprint density at radius 3 is 2.36 bits per heavy atom. The van der Waals surface area contributed by atoms with Crippen LogP contribution < -0.4 is 5.73 Å². The average molecular weight is 377 g/mol. The molecule has 2 aromatic rings. The second kappa shape index (κ2) is 9.04. The van der Waals surface area contributed by atoms with Crippen LogP contribution in [-0.2, 0) is 4.79 Å². The molecule has 1 fully saturated rings. The first-order valence-electron chi connectivity index (χ1n) is 8.17. The van der Waals surface area contributed by atoms with Crippen molar-refractivity contribution in [2.24, 2.45) is 5.73 Å². The third-order valence-corrected chi connectivity index (χ3v) is 4.61. The van der Waals surface area contributed by atoms with Gasteiger partial charge in [0.25, 0.3) is 0 Å². The highest BCUT2D eigenvalue weighted by Crippen LogP contribution is 2.28. The molecule has 3 rings (SSSR count). The van der Waals surface area contributed by atoms with Crippen LogP contribution in [-0.4, -0.2) is 30.4 Å². The van der Waals surface area contributed by atoms with Gasteiger partial charge in [0.05, 0.1) is 6.54 Å². The molecule has 1 amide bonds. The van der Waals surface area contributed by atoms with Crippen LogP contribution in [0.3, 0.4) is 0 Å². The lowest BCUT2D eigenvalue weighted by Gasteiger charge is -2.27. The molecule has 0 bridgehead atoms. The molecule has 1 heterocycles. The first-order chi connectivity index (χ1) is 11.6. The van der Waals surface area contributed by atoms with Gasteiger partial charge in [-0.05, 0) is 41.7 Å². The summed E-state index contributed by atoms with van der Waals surface area (Å²) in [5.41, 5.74) is 10.3. The Balaban J connectivity index is 0.00000225. The molecule has 0 atom stereocenters. The van der Waals surface area contributed by atoms with E-state index in [9.17, 15) is 4.79 Å². The maximum Gasteiger partial charge on any atom is 0.231 e. The monoisotopic (exact) mass is 376 g/mol. The van der Waals surface area contributed by atoms with Crippen molar-refractivity contribution in [1.29, 1.82) is 0 Å². The summed E-state index contributed by atoms with van der Waals surface area (Å²) in [5.74, 6) is -0.254. The van der Waals surface area contributed by atoms with Gasteiger partial charge in [-0.3, -0.25) is 9.69 Å². The zero-order valence-corrected chi connectivity index (χ0v) is 15.5. The zero-order chi connectivity index (χ0) is 16.9. The summed E-state index contributed by atoms with van der Waals surface area (Å²) in [5, 5.41) is 0.747. The van der Waals surface area contributed by atoms with Gasteiger partial charge in [-0.2, -0.15) is 0 Å². The molecule has 5 heteroatoms. The predicted molar refractivity (Wildman–Crippen MR) is 107 cm³/mol. The smallest absolute Gasteiger partial charge is 0.231 e. The Morgan fingerprint density at radius 2 is 1.72 bits per heavy atom. The number of hydrogen-bond donors (Lipinski definition) is 1. The number of rotatable bonds is 4. The zero-order valence-electron chi connectivity index (χ0n) is 14.0. The van der Waals surface area contributed by atoms with Crippen molar-refractivity contribution in [3.63, 3.8) is 0 Å². The van der Waals surface area contributed by atoms with Gasteiger partial charge in [-0.1, -0.05) is 59.6 Å². The third-order valence-electron chi connectivity index (χ3n) is 4.35. The number of halogens is 2. The second-order valence-corrected chi connectivity index (χ2v) is 6.58. The number of carbonyl (C=O) groups excluding carboxylic acids is 1. The summed E-state index contributed by atoms with van der Waals surface area (Å²) in [7, 11) is 0. The normalized spacial score (nSPS) is 14.7. The lowest BCUT2D eigenvalue weighted by atomic mass is 9.95. The molecule has 1 aliphatic rings. The minimum atomic E-state index is -0.254. The van der Waals surface area contributed by atoms with Crippen LogP contribution in [0.4, 0.5) is 0 Å². The van der Waals surface area contributed by atoms with Gasteiger partial charge in [-0.15, -0.1) is 12.4 Å². The van der Waals surface area contributed by atoms with E-state index in [1.165, 1.54) is 16.7 Å². The van der Waals surface area contributed by atoms with Crippen molar-refractivity contribution in [1.82, 2.24) is 4.90 Å². The number of amides is 1. The highest BCUT2D eigenvalue weighted by molar-refractivity contribution is 6.30. The quantitative estimate of drug-likeness (QED) is 0.859. The third kappa shape index (κ3) is 5.33. The second-order valence-electron chi connectivity index (χ2n) is 6.14. The molecule has 25 heavy (non-hydrogen) atoms. The van der Waals surface area contributed by atoms with Crippen LogP contribution in [0.25, 0.3) is 17.2 Å².